The maximum atomic E-state index is 11.8. The summed E-state index contributed by atoms with van der Waals surface area (Å²) in [6, 6.07) is 8.28. The van der Waals surface area contributed by atoms with E-state index >= 15 is 0 Å². The van der Waals surface area contributed by atoms with Gasteiger partial charge in [0.25, 0.3) is 0 Å². The first-order chi connectivity index (χ1) is 10.1. The molecule has 2 aromatic rings. The van der Waals surface area contributed by atoms with Gasteiger partial charge < -0.3 is 14.6 Å². The number of rotatable bonds is 7. The first kappa shape index (κ1) is 15.6. The molecule has 0 unspecified atom stereocenters. The van der Waals surface area contributed by atoms with E-state index in [0.717, 1.165) is 25.0 Å². The molecule has 0 saturated carbocycles. The molecule has 0 spiro atoms. The average Bonchev–Trinajstić information content (AvgIpc) is 2.82. The standard InChI is InChI=1S/C17H24N2O2/c1-4-9-18-11-14-6-5-7-16-15(14)8-10-19(16)12-17(20)21-13(2)3/h5-8,10,13,18H,4,9,11-12H2,1-3H3. The van der Waals surface area contributed by atoms with Gasteiger partial charge in [0.2, 0.25) is 0 Å². The van der Waals surface area contributed by atoms with Crippen LogP contribution in [0.2, 0.25) is 0 Å². The van der Waals surface area contributed by atoms with Crippen LogP contribution in [-0.2, 0) is 22.6 Å². The predicted octanol–water partition coefficient (Wildman–Crippen LogP) is 3.09. The molecule has 0 atom stereocenters. The molecule has 1 aromatic heterocycles. The highest BCUT2D eigenvalue weighted by Gasteiger charge is 2.10. The molecule has 0 aliphatic carbocycles. The van der Waals surface area contributed by atoms with Crippen LogP contribution >= 0.6 is 0 Å². The lowest BCUT2D eigenvalue weighted by atomic mass is 10.1. The molecule has 1 aromatic carbocycles. The Bertz CT molecular complexity index is 602. The minimum Gasteiger partial charge on any atom is -0.462 e. The van der Waals surface area contributed by atoms with Crippen LogP contribution in [0.1, 0.15) is 32.8 Å². The van der Waals surface area contributed by atoms with Gasteiger partial charge in [-0.25, -0.2) is 0 Å². The Balaban J connectivity index is 2.16. The van der Waals surface area contributed by atoms with E-state index in [2.05, 4.69) is 24.4 Å². The molecule has 1 heterocycles. The number of esters is 1. The molecule has 4 heteroatoms. The van der Waals surface area contributed by atoms with E-state index in [4.69, 9.17) is 4.74 Å². The highest BCUT2D eigenvalue weighted by atomic mass is 16.5. The van der Waals surface area contributed by atoms with Gasteiger partial charge in [0.15, 0.2) is 0 Å². The number of carbonyl (C=O) groups is 1. The number of benzene rings is 1. The van der Waals surface area contributed by atoms with Crippen LogP contribution in [0.15, 0.2) is 30.5 Å². The minimum atomic E-state index is -0.197. The summed E-state index contributed by atoms with van der Waals surface area (Å²) >= 11 is 0. The van der Waals surface area contributed by atoms with Crippen molar-refractivity contribution in [1.82, 2.24) is 9.88 Å². The Labute approximate surface area is 126 Å². The first-order valence-corrected chi connectivity index (χ1v) is 7.58. The van der Waals surface area contributed by atoms with Crippen molar-refractivity contribution in [2.24, 2.45) is 0 Å². The van der Waals surface area contributed by atoms with Crippen molar-refractivity contribution in [1.29, 1.82) is 0 Å². The lowest BCUT2D eigenvalue weighted by Gasteiger charge is -2.10. The lowest BCUT2D eigenvalue weighted by molar-refractivity contribution is -0.148. The van der Waals surface area contributed by atoms with E-state index in [-0.39, 0.29) is 18.6 Å². The predicted molar refractivity (Wildman–Crippen MR) is 85.2 cm³/mol. The molecule has 0 amide bonds. The second-order valence-electron chi connectivity index (χ2n) is 5.51. The summed E-state index contributed by atoms with van der Waals surface area (Å²) in [6.07, 6.45) is 3.00. The Morgan fingerprint density at radius 2 is 2.14 bits per heavy atom. The first-order valence-electron chi connectivity index (χ1n) is 7.58. The number of carbonyl (C=O) groups excluding carboxylic acids is 1. The van der Waals surface area contributed by atoms with E-state index in [1.807, 2.05) is 36.7 Å². The van der Waals surface area contributed by atoms with Gasteiger partial charge in [0.1, 0.15) is 6.54 Å². The van der Waals surface area contributed by atoms with Crippen molar-refractivity contribution in [2.75, 3.05) is 6.54 Å². The molecule has 114 valence electrons. The topological polar surface area (TPSA) is 43.3 Å². The Hall–Kier alpha value is -1.81. The van der Waals surface area contributed by atoms with Gasteiger partial charge in [-0.3, -0.25) is 4.79 Å². The zero-order valence-corrected chi connectivity index (χ0v) is 13.1. The van der Waals surface area contributed by atoms with Crippen LogP contribution in [0, 0.1) is 0 Å². The molecule has 0 saturated heterocycles. The van der Waals surface area contributed by atoms with Gasteiger partial charge >= 0.3 is 5.97 Å². The number of hydrogen-bond donors (Lipinski definition) is 1. The second-order valence-corrected chi connectivity index (χ2v) is 5.51. The monoisotopic (exact) mass is 288 g/mol. The molecule has 0 aliphatic rings. The van der Waals surface area contributed by atoms with Crippen LogP contribution in [0.25, 0.3) is 10.9 Å². The lowest BCUT2D eigenvalue weighted by Crippen LogP contribution is -2.17. The summed E-state index contributed by atoms with van der Waals surface area (Å²) in [7, 11) is 0. The van der Waals surface area contributed by atoms with Crippen molar-refractivity contribution in [3.8, 4) is 0 Å². The molecular weight excluding hydrogens is 264 g/mol. The van der Waals surface area contributed by atoms with Gasteiger partial charge in [-0.2, -0.15) is 0 Å². The second kappa shape index (κ2) is 7.27. The van der Waals surface area contributed by atoms with Gasteiger partial charge in [-0.05, 0) is 44.5 Å². The largest absolute Gasteiger partial charge is 0.462 e. The summed E-state index contributed by atoms with van der Waals surface area (Å²) in [6.45, 7) is 8.01. The Morgan fingerprint density at radius 3 is 2.86 bits per heavy atom. The van der Waals surface area contributed by atoms with Crippen LogP contribution < -0.4 is 5.32 Å². The van der Waals surface area contributed by atoms with Crippen LogP contribution in [0.4, 0.5) is 0 Å². The van der Waals surface area contributed by atoms with E-state index in [0.29, 0.717) is 0 Å². The zero-order chi connectivity index (χ0) is 15.2. The number of ether oxygens (including phenoxy) is 1. The average molecular weight is 288 g/mol. The van der Waals surface area contributed by atoms with E-state index in [1.54, 1.807) is 0 Å². The molecular formula is C17H24N2O2. The minimum absolute atomic E-state index is 0.0758. The van der Waals surface area contributed by atoms with Gasteiger partial charge in [0.05, 0.1) is 6.10 Å². The molecule has 2 rings (SSSR count). The summed E-state index contributed by atoms with van der Waals surface area (Å²) in [5.41, 5.74) is 2.34. The van der Waals surface area contributed by atoms with Gasteiger partial charge in [-0.15, -0.1) is 0 Å². The number of hydrogen-bond acceptors (Lipinski definition) is 3. The number of nitrogens with zero attached hydrogens (tertiary/aromatic N) is 1. The normalized spacial score (nSPS) is 11.2. The Morgan fingerprint density at radius 1 is 1.33 bits per heavy atom. The fraction of sp³-hybridized carbons (Fsp3) is 0.471. The van der Waals surface area contributed by atoms with Crippen molar-refractivity contribution < 1.29 is 9.53 Å². The third-order valence-corrected chi connectivity index (χ3v) is 3.31. The maximum Gasteiger partial charge on any atom is 0.326 e. The van der Waals surface area contributed by atoms with Crippen molar-refractivity contribution in [2.45, 2.75) is 46.4 Å². The fourth-order valence-electron chi connectivity index (χ4n) is 2.42. The molecule has 0 bridgehead atoms. The van der Waals surface area contributed by atoms with E-state index in [1.165, 1.54) is 10.9 Å². The summed E-state index contributed by atoms with van der Waals surface area (Å²) in [5, 5.41) is 4.61. The SMILES string of the molecule is CCCNCc1cccc2c1ccn2CC(=O)OC(C)C. The van der Waals surface area contributed by atoms with Crippen molar-refractivity contribution in [3.05, 3.63) is 36.0 Å². The smallest absolute Gasteiger partial charge is 0.326 e. The highest BCUT2D eigenvalue weighted by Crippen LogP contribution is 2.20. The molecule has 0 aliphatic heterocycles. The zero-order valence-electron chi connectivity index (χ0n) is 13.1. The third-order valence-electron chi connectivity index (χ3n) is 3.31. The quantitative estimate of drug-likeness (QED) is 0.629. The molecule has 4 nitrogen and oxygen atoms in total. The van der Waals surface area contributed by atoms with Crippen molar-refractivity contribution in [3.63, 3.8) is 0 Å². The fourth-order valence-corrected chi connectivity index (χ4v) is 2.42. The molecule has 1 N–H and O–H groups in total. The Kier molecular flexibility index (Phi) is 5.39. The van der Waals surface area contributed by atoms with Crippen LogP contribution in [0.3, 0.4) is 0 Å². The summed E-state index contributed by atoms with van der Waals surface area (Å²) in [5.74, 6) is -0.197. The van der Waals surface area contributed by atoms with E-state index in [9.17, 15) is 4.79 Å². The third kappa shape index (κ3) is 4.08. The maximum absolute atomic E-state index is 11.8. The molecule has 0 fully saturated rings. The van der Waals surface area contributed by atoms with Crippen molar-refractivity contribution >= 4 is 16.9 Å². The number of fused-ring (bicyclic) bond motifs is 1. The summed E-state index contributed by atoms with van der Waals surface area (Å²) in [4.78, 5) is 11.8. The number of aromatic nitrogens is 1. The molecule has 21 heavy (non-hydrogen) atoms. The van der Waals surface area contributed by atoms with Gasteiger partial charge in [-0.1, -0.05) is 19.1 Å². The van der Waals surface area contributed by atoms with Crippen LogP contribution in [-0.4, -0.2) is 23.2 Å². The highest BCUT2D eigenvalue weighted by molar-refractivity contribution is 5.85. The summed E-state index contributed by atoms with van der Waals surface area (Å²) < 4.78 is 7.16. The number of nitrogens with one attached hydrogen (secondary N) is 1. The molecule has 0 radical (unpaired) electrons. The van der Waals surface area contributed by atoms with E-state index < -0.39 is 0 Å². The van der Waals surface area contributed by atoms with Gasteiger partial charge in [0, 0.05) is 23.6 Å². The van der Waals surface area contributed by atoms with Crippen LogP contribution in [0.5, 0.6) is 0 Å².